The van der Waals surface area contributed by atoms with Gasteiger partial charge in [-0.3, -0.25) is 0 Å². The summed E-state index contributed by atoms with van der Waals surface area (Å²) in [7, 11) is 6.62. The van der Waals surface area contributed by atoms with Crippen LogP contribution in [0, 0.1) is 0 Å². The van der Waals surface area contributed by atoms with Crippen LogP contribution in [0.3, 0.4) is 0 Å². The molecule has 0 aliphatic carbocycles. The van der Waals surface area contributed by atoms with E-state index in [1.807, 2.05) is 18.2 Å². The fraction of sp³-hybridized carbons (Fsp3) is 0.571. The Morgan fingerprint density at radius 3 is 2.47 bits per heavy atom. The number of para-hydroxylation sites is 1. The molecule has 0 saturated heterocycles. The molecule has 1 aromatic rings. The van der Waals surface area contributed by atoms with Crippen molar-refractivity contribution >= 4 is 0 Å². The summed E-state index contributed by atoms with van der Waals surface area (Å²) in [5.41, 5.74) is 1.05. The highest BCUT2D eigenvalue weighted by Gasteiger charge is 2.10. The maximum absolute atomic E-state index is 5.38. The molecule has 108 valence electrons. The Hall–Kier alpha value is -1.30. The fourth-order valence-electron chi connectivity index (χ4n) is 1.86. The van der Waals surface area contributed by atoms with Gasteiger partial charge in [0.05, 0.1) is 26.9 Å². The van der Waals surface area contributed by atoms with Gasteiger partial charge in [0, 0.05) is 32.9 Å². The predicted molar refractivity (Wildman–Crippen MR) is 73.9 cm³/mol. The maximum atomic E-state index is 5.38. The van der Waals surface area contributed by atoms with Crippen LogP contribution in [0.15, 0.2) is 18.2 Å². The molecule has 5 nitrogen and oxygen atoms in total. The lowest BCUT2D eigenvalue weighted by Gasteiger charge is -2.16. The van der Waals surface area contributed by atoms with Crippen LogP contribution >= 0.6 is 0 Å². The molecule has 19 heavy (non-hydrogen) atoms. The quantitative estimate of drug-likeness (QED) is 0.735. The van der Waals surface area contributed by atoms with Crippen LogP contribution in [0.5, 0.6) is 11.5 Å². The van der Waals surface area contributed by atoms with Gasteiger partial charge in [0.25, 0.3) is 0 Å². The zero-order valence-electron chi connectivity index (χ0n) is 12.1. The largest absolute Gasteiger partial charge is 0.493 e. The SMILES string of the molecule is COCC(CNCc1cccc(OC)c1OC)OC. The number of ether oxygens (including phenoxy) is 4. The van der Waals surface area contributed by atoms with Crippen LogP contribution in [0.25, 0.3) is 0 Å². The normalized spacial score (nSPS) is 12.2. The van der Waals surface area contributed by atoms with Crippen molar-refractivity contribution in [1.29, 1.82) is 0 Å². The molecule has 1 rings (SSSR count). The highest BCUT2D eigenvalue weighted by molar-refractivity contribution is 5.46. The molecule has 0 saturated carbocycles. The third-order valence-corrected chi connectivity index (χ3v) is 2.86. The van der Waals surface area contributed by atoms with E-state index in [0.717, 1.165) is 17.1 Å². The molecular weight excluding hydrogens is 246 g/mol. The lowest BCUT2D eigenvalue weighted by Crippen LogP contribution is -2.31. The van der Waals surface area contributed by atoms with Crippen molar-refractivity contribution < 1.29 is 18.9 Å². The molecule has 0 bridgehead atoms. The first-order valence-corrected chi connectivity index (χ1v) is 6.19. The van der Waals surface area contributed by atoms with Crippen LogP contribution in [-0.2, 0) is 16.0 Å². The molecule has 0 radical (unpaired) electrons. The molecule has 0 spiro atoms. The molecule has 5 heteroatoms. The molecule has 1 N–H and O–H groups in total. The van der Waals surface area contributed by atoms with Crippen molar-refractivity contribution in [3.8, 4) is 11.5 Å². The van der Waals surface area contributed by atoms with E-state index in [9.17, 15) is 0 Å². The molecular formula is C14H23NO4. The Morgan fingerprint density at radius 1 is 1.11 bits per heavy atom. The molecule has 0 fully saturated rings. The average molecular weight is 269 g/mol. The van der Waals surface area contributed by atoms with Crippen LogP contribution in [-0.4, -0.2) is 47.7 Å². The van der Waals surface area contributed by atoms with Gasteiger partial charge in [0.15, 0.2) is 11.5 Å². The summed E-state index contributed by atoms with van der Waals surface area (Å²) in [5.74, 6) is 1.50. The molecule has 0 aromatic heterocycles. The molecule has 0 heterocycles. The second-order valence-electron chi connectivity index (χ2n) is 4.10. The van der Waals surface area contributed by atoms with Crippen molar-refractivity contribution in [2.75, 3.05) is 41.6 Å². The minimum absolute atomic E-state index is 0.0432. The molecule has 0 aliphatic heterocycles. The predicted octanol–water partition coefficient (Wildman–Crippen LogP) is 1.45. The lowest BCUT2D eigenvalue weighted by atomic mass is 10.2. The molecule has 1 unspecified atom stereocenters. The number of methoxy groups -OCH3 is 4. The summed E-state index contributed by atoms with van der Waals surface area (Å²) in [6, 6.07) is 5.83. The maximum Gasteiger partial charge on any atom is 0.165 e. The summed E-state index contributed by atoms with van der Waals surface area (Å²) in [6.45, 7) is 1.97. The summed E-state index contributed by atoms with van der Waals surface area (Å²) in [4.78, 5) is 0. The number of hydrogen-bond acceptors (Lipinski definition) is 5. The van der Waals surface area contributed by atoms with E-state index in [-0.39, 0.29) is 6.10 Å². The van der Waals surface area contributed by atoms with E-state index in [1.165, 1.54) is 0 Å². The van der Waals surface area contributed by atoms with Gasteiger partial charge in [-0.25, -0.2) is 0 Å². The van der Waals surface area contributed by atoms with E-state index in [1.54, 1.807) is 28.4 Å². The summed E-state index contributed by atoms with van der Waals surface area (Å²) in [5, 5.41) is 3.32. The lowest BCUT2D eigenvalue weighted by molar-refractivity contribution is 0.0287. The van der Waals surface area contributed by atoms with Gasteiger partial charge in [-0.1, -0.05) is 12.1 Å². The zero-order chi connectivity index (χ0) is 14.1. The Labute approximate surface area is 114 Å². The van der Waals surface area contributed by atoms with Crippen molar-refractivity contribution in [2.45, 2.75) is 12.6 Å². The van der Waals surface area contributed by atoms with Crippen LogP contribution in [0.4, 0.5) is 0 Å². The summed E-state index contributed by atoms with van der Waals surface area (Å²) in [6.07, 6.45) is 0.0432. The first-order valence-electron chi connectivity index (χ1n) is 6.19. The van der Waals surface area contributed by atoms with Crippen molar-refractivity contribution in [2.24, 2.45) is 0 Å². The van der Waals surface area contributed by atoms with E-state index >= 15 is 0 Å². The minimum Gasteiger partial charge on any atom is -0.493 e. The standard InChI is InChI=1S/C14H23NO4/c1-16-10-12(17-2)9-15-8-11-6-5-7-13(18-3)14(11)19-4/h5-7,12,15H,8-10H2,1-4H3. The van der Waals surface area contributed by atoms with E-state index in [4.69, 9.17) is 18.9 Å². The molecule has 0 aliphatic rings. The Balaban J connectivity index is 2.57. The first kappa shape index (κ1) is 15.8. The number of benzene rings is 1. The highest BCUT2D eigenvalue weighted by Crippen LogP contribution is 2.30. The second-order valence-corrected chi connectivity index (χ2v) is 4.10. The molecule has 0 amide bonds. The van der Waals surface area contributed by atoms with Gasteiger partial charge in [-0.2, -0.15) is 0 Å². The fourth-order valence-corrected chi connectivity index (χ4v) is 1.86. The van der Waals surface area contributed by atoms with Gasteiger partial charge in [0.2, 0.25) is 0 Å². The highest BCUT2D eigenvalue weighted by atomic mass is 16.5. The smallest absolute Gasteiger partial charge is 0.165 e. The monoisotopic (exact) mass is 269 g/mol. The third-order valence-electron chi connectivity index (χ3n) is 2.86. The van der Waals surface area contributed by atoms with Crippen LogP contribution in [0.2, 0.25) is 0 Å². The topological polar surface area (TPSA) is 49.0 Å². The number of rotatable bonds is 9. The zero-order valence-corrected chi connectivity index (χ0v) is 12.1. The third kappa shape index (κ3) is 4.70. The Kier molecular flexibility index (Phi) is 7.25. The van der Waals surface area contributed by atoms with Crippen LogP contribution < -0.4 is 14.8 Å². The van der Waals surface area contributed by atoms with Gasteiger partial charge >= 0.3 is 0 Å². The second kappa shape index (κ2) is 8.74. The molecule has 1 atom stereocenters. The van der Waals surface area contributed by atoms with Gasteiger partial charge in [0.1, 0.15) is 0 Å². The number of nitrogens with one attached hydrogen (secondary N) is 1. The van der Waals surface area contributed by atoms with Gasteiger partial charge in [-0.05, 0) is 6.07 Å². The van der Waals surface area contributed by atoms with E-state index in [2.05, 4.69) is 5.32 Å². The van der Waals surface area contributed by atoms with E-state index < -0.39 is 0 Å². The van der Waals surface area contributed by atoms with E-state index in [0.29, 0.717) is 19.7 Å². The Morgan fingerprint density at radius 2 is 1.89 bits per heavy atom. The summed E-state index contributed by atoms with van der Waals surface area (Å²) < 4.78 is 21.0. The number of hydrogen-bond donors (Lipinski definition) is 1. The average Bonchev–Trinajstić information content (AvgIpc) is 2.45. The van der Waals surface area contributed by atoms with Gasteiger partial charge < -0.3 is 24.3 Å². The minimum atomic E-state index is 0.0432. The van der Waals surface area contributed by atoms with Gasteiger partial charge in [-0.15, -0.1) is 0 Å². The van der Waals surface area contributed by atoms with Crippen molar-refractivity contribution in [1.82, 2.24) is 5.32 Å². The summed E-state index contributed by atoms with van der Waals surface area (Å²) >= 11 is 0. The Bertz CT molecular complexity index is 370. The molecule has 1 aromatic carbocycles. The van der Waals surface area contributed by atoms with Crippen molar-refractivity contribution in [3.63, 3.8) is 0 Å². The van der Waals surface area contributed by atoms with Crippen LogP contribution in [0.1, 0.15) is 5.56 Å². The first-order chi connectivity index (χ1) is 9.26. The van der Waals surface area contributed by atoms with Crippen molar-refractivity contribution in [3.05, 3.63) is 23.8 Å².